The number of halogens is 1. The standard InChI is InChI=1S/C21H24ClNO4/c1-15(2)20(23-19(24)14-16-6-4-3-5-7-16)21(25)27-13-12-26-18-10-8-17(22)9-11-18/h3-11,15,20H,12-14H2,1-2H3,(H,23,24)/t20-/m0/s1. The third kappa shape index (κ3) is 7.31. The first-order chi connectivity index (χ1) is 13.0. The molecule has 0 fully saturated rings. The topological polar surface area (TPSA) is 64.6 Å². The number of rotatable bonds is 9. The molecule has 0 aromatic heterocycles. The fourth-order valence-electron chi connectivity index (χ4n) is 2.43. The molecule has 1 amide bonds. The highest BCUT2D eigenvalue weighted by Crippen LogP contribution is 2.15. The van der Waals surface area contributed by atoms with Gasteiger partial charge in [0.15, 0.2) is 0 Å². The first-order valence-electron chi connectivity index (χ1n) is 8.84. The molecule has 0 spiro atoms. The average Bonchev–Trinajstić information content (AvgIpc) is 2.65. The minimum absolute atomic E-state index is 0.0885. The van der Waals surface area contributed by atoms with Gasteiger partial charge in [-0.15, -0.1) is 0 Å². The number of carbonyl (C=O) groups excluding carboxylic acids is 2. The summed E-state index contributed by atoms with van der Waals surface area (Å²) in [5, 5.41) is 3.39. The highest BCUT2D eigenvalue weighted by atomic mass is 35.5. The molecule has 0 unspecified atom stereocenters. The van der Waals surface area contributed by atoms with Crippen molar-refractivity contribution in [2.75, 3.05) is 13.2 Å². The van der Waals surface area contributed by atoms with E-state index in [0.717, 1.165) is 5.56 Å². The molecule has 2 aromatic carbocycles. The van der Waals surface area contributed by atoms with Crippen molar-refractivity contribution in [2.24, 2.45) is 5.92 Å². The Labute approximate surface area is 164 Å². The molecule has 0 aliphatic carbocycles. The lowest BCUT2D eigenvalue weighted by molar-refractivity contribution is -0.149. The van der Waals surface area contributed by atoms with Gasteiger partial charge in [-0.1, -0.05) is 55.8 Å². The maximum Gasteiger partial charge on any atom is 0.329 e. The van der Waals surface area contributed by atoms with E-state index in [-0.39, 0.29) is 31.5 Å². The van der Waals surface area contributed by atoms with Crippen LogP contribution in [0.15, 0.2) is 54.6 Å². The fraction of sp³-hybridized carbons (Fsp3) is 0.333. The van der Waals surface area contributed by atoms with Gasteiger partial charge in [-0.3, -0.25) is 4.79 Å². The van der Waals surface area contributed by atoms with Crippen LogP contribution in [-0.2, 0) is 20.7 Å². The number of benzene rings is 2. The summed E-state index contributed by atoms with van der Waals surface area (Å²) < 4.78 is 10.7. The summed E-state index contributed by atoms with van der Waals surface area (Å²) in [4.78, 5) is 24.5. The lowest BCUT2D eigenvalue weighted by Gasteiger charge is -2.21. The van der Waals surface area contributed by atoms with Crippen LogP contribution in [0.25, 0.3) is 0 Å². The average molecular weight is 390 g/mol. The second kappa shape index (κ2) is 10.6. The normalized spacial score (nSPS) is 11.7. The molecule has 0 heterocycles. The molecule has 0 bridgehead atoms. The van der Waals surface area contributed by atoms with Gasteiger partial charge >= 0.3 is 5.97 Å². The zero-order valence-electron chi connectivity index (χ0n) is 15.5. The van der Waals surface area contributed by atoms with Crippen LogP contribution in [0.4, 0.5) is 0 Å². The Hall–Kier alpha value is -2.53. The Balaban J connectivity index is 1.78. The number of hydrogen-bond acceptors (Lipinski definition) is 4. The Morgan fingerprint density at radius 1 is 1.00 bits per heavy atom. The molecule has 0 saturated carbocycles. The van der Waals surface area contributed by atoms with Gasteiger partial charge in [0.2, 0.25) is 5.91 Å². The minimum atomic E-state index is -0.697. The minimum Gasteiger partial charge on any atom is -0.490 e. The van der Waals surface area contributed by atoms with Gasteiger partial charge in [-0.2, -0.15) is 0 Å². The lowest BCUT2D eigenvalue weighted by Crippen LogP contribution is -2.46. The molecule has 1 N–H and O–H groups in total. The molecule has 0 aliphatic rings. The van der Waals surface area contributed by atoms with E-state index >= 15 is 0 Å². The summed E-state index contributed by atoms with van der Waals surface area (Å²) in [6.07, 6.45) is 0.219. The molecule has 144 valence electrons. The van der Waals surface area contributed by atoms with E-state index < -0.39 is 12.0 Å². The smallest absolute Gasteiger partial charge is 0.329 e. The van der Waals surface area contributed by atoms with Gasteiger partial charge < -0.3 is 14.8 Å². The van der Waals surface area contributed by atoms with E-state index in [2.05, 4.69) is 5.32 Å². The van der Waals surface area contributed by atoms with E-state index in [9.17, 15) is 9.59 Å². The van der Waals surface area contributed by atoms with Crippen molar-refractivity contribution < 1.29 is 19.1 Å². The lowest BCUT2D eigenvalue weighted by atomic mass is 10.0. The zero-order valence-corrected chi connectivity index (χ0v) is 16.2. The molecule has 5 nitrogen and oxygen atoms in total. The highest BCUT2D eigenvalue weighted by molar-refractivity contribution is 6.30. The predicted octanol–water partition coefficient (Wildman–Crippen LogP) is 3.65. The van der Waals surface area contributed by atoms with Crippen LogP contribution in [0.3, 0.4) is 0 Å². The molecule has 0 radical (unpaired) electrons. The Bertz CT molecular complexity index is 732. The number of ether oxygens (including phenoxy) is 2. The Morgan fingerprint density at radius 2 is 1.67 bits per heavy atom. The van der Waals surface area contributed by atoms with Crippen molar-refractivity contribution in [3.05, 3.63) is 65.2 Å². The highest BCUT2D eigenvalue weighted by Gasteiger charge is 2.25. The SMILES string of the molecule is CC(C)[C@H](NC(=O)Cc1ccccc1)C(=O)OCCOc1ccc(Cl)cc1. The van der Waals surface area contributed by atoms with Gasteiger partial charge in [-0.05, 0) is 35.7 Å². The van der Waals surface area contributed by atoms with Crippen molar-refractivity contribution in [3.8, 4) is 5.75 Å². The van der Waals surface area contributed by atoms with Crippen molar-refractivity contribution in [1.29, 1.82) is 0 Å². The van der Waals surface area contributed by atoms with E-state index in [0.29, 0.717) is 10.8 Å². The van der Waals surface area contributed by atoms with Gasteiger partial charge in [-0.25, -0.2) is 4.79 Å². The zero-order chi connectivity index (χ0) is 19.6. The number of carbonyl (C=O) groups is 2. The van der Waals surface area contributed by atoms with Crippen LogP contribution in [-0.4, -0.2) is 31.1 Å². The quantitative estimate of drug-likeness (QED) is 0.525. The van der Waals surface area contributed by atoms with Gasteiger partial charge in [0, 0.05) is 5.02 Å². The second-order valence-corrected chi connectivity index (χ2v) is 6.86. The molecule has 0 saturated heterocycles. The monoisotopic (exact) mass is 389 g/mol. The summed E-state index contributed by atoms with van der Waals surface area (Å²) in [5.41, 5.74) is 0.891. The van der Waals surface area contributed by atoms with Crippen LogP contribution in [0.5, 0.6) is 5.75 Å². The first-order valence-corrected chi connectivity index (χ1v) is 9.22. The summed E-state index contributed by atoms with van der Waals surface area (Å²) in [6, 6.07) is 15.6. The third-order valence-electron chi connectivity index (χ3n) is 3.85. The second-order valence-electron chi connectivity index (χ2n) is 6.42. The molecule has 2 aromatic rings. The maximum atomic E-state index is 12.3. The number of hydrogen-bond donors (Lipinski definition) is 1. The number of nitrogens with one attached hydrogen (secondary N) is 1. The first kappa shape index (κ1) is 20.8. The predicted molar refractivity (Wildman–Crippen MR) is 105 cm³/mol. The van der Waals surface area contributed by atoms with Crippen LogP contribution in [0.2, 0.25) is 5.02 Å². The van der Waals surface area contributed by atoms with Gasteiger partial charge in [0.05, 0.1) is 6.42 Å². The van der Waals surface area contributed by atoms with Crippen molar-refractivity contribution in [2.45, 2.75) is 26.3 Å². The summed E-state index contributed by atoms with van der Waals surface area (Å²) in [6.45, 7) is 4.03. The summed E-state index contributed by atoms with van der Waals surface area (Å²) in [7, 11) is 0. The number of amides is 1. The summed E-state index contributed by atoms with van der Waals surface area (Å²) >= 11 is 5.81. The van der Waals surface area contributed by atoms with Crippen LogP contribution < -0.4 is 10.1 Å². The molecule has 1 atom stereocenters. The van der Waals surface area contributed by atoms with Crippen molar-refractivity contribution in [1.82, 2.24) is 5.32 Å². The summed E-state index contributed by atoms with van der Waals surface area (Å²) in [5.74, 6) is -0.123. The molecule has 0 aliphatic heterocycles. The van der Waals surface area contributed by atoms with Crippen molar-refractivity contribution >= 4 is 23.5 Å². The molecule has 6 heteroatoms. The molecule has 2 rings (SSSR count). The van der Waals surface area contributed by atoms with E-state index in [1.54, 1.807) is 24.3 Å². The van der Waals surface area contributed by atoms with Gasteiger partial charge in [0.25, 0.3) is 0 Å². The largest absolute Gasteiger partial charge is 0.490 e. The van der Waals surface area contributed by atoms with E-state index in [1.165, 1.54) is 0 Å². The number of esters is 1. The molecular weight excluding hydrogens is 366 g/mol. The van der Waals surface area contributed by atoms with E-state index in [1.807, 2.05) is 44.2 Å². The molecule has 27 heavy (non-hydrogen) atoms. The third-order valence-corrected chi connectivity index (χ3v) is 4.11. The Kier molecular flexibility index (Phi) is 8.14. The van der Waals surface area contributed by atoms with Crippen LogP contribution in [0.1, 0.15) is 19.4 Å². The fourth-order valence-corrected chi connectivity index (χ4v) is 2.55. The maximum absolute atomic E-state index is 12.3. The molecular formula is C21H24ClNO4. The van der Waals surface area contributed by atoms with Gasteiger partial charge in [0.1, 0.15) is 25.0 Å². The Morgan fingerprint density at radius 3 is 2.30 bits per heavy atom. The van der Waals surface area contributed by atoms with Crippen LogP contribution >= 0.6 is 11.6 Å². The van der Waals surface area contributed by atoms with E-state index in [4.69, 9.17) is 21.1 Å². The van der Waals surface area contributed by atoms with Crippen molar-refractivity contribution in [3.63, 3.8) is 0 Å². The van der Waals surface area contributed by atoms with Crippen LogP contribution in [0, 0.1) is 5.92 Å².